The molecular formula is C11H20N2O. The Morgan fingerprint density at radius 3 is 3.14 bits per heavy atom. The van der Waals surface area contributed by atoms with Crippen LogP contribution in [0.25, 0.3) is 0 Å². The Morgan fingerprint density at radius 1 is 1.29 bits per heavy atom. The quantitative estimate of drug-likeness (QED) is 0.565. The first-order chi connectivity index (χ1) is 7.51. The van der Waals surface area contributed by atoms with Gasteiger partial charge in [-0.25, -0.2) is 0 Å². The van der Waals surface area contributed by atoms with Gasteiger partial charge in [-0.15, -0.1) is 0 Å². The molecule has 3 rings (SSSR count). The van der Waals surface area contributed by atoms with E-state index in [1.54, 1.807) is 0 Å². The lowest BCUT2D eigenvalue weighted by molar-refractivity contribution is -0.169. The molecule has 0 saturated carbocycles. The van der Waals surface area contributed by atoms with Crippen molar-refractivity contribution in [3.05, 3.63) is 0 Å². The van der Waals surface area contributed by atoms with E-state index in [1.807, 2.05) is 7.05 Å². The first-order valence-corrected chi connectivity index (χ1v) is 5.64. The van der Waals surface area contributed by atoms with Gasteiger partial charge in [-0.2, -0.15) is 0 Å². The van der Waals surface area contributed by atoms with Gasteiger partial charge in [-0.3, -0.25) is 4.90 Å². The molecule has 2 bridgehead atoms. The van der Waals surface area contributed by atoms with E-state index in [-0.39, 0.29) is 6.04 Å². The lowest BCUT2D eigenvalue weighted by atomic mass is 9.92. The van der Waals surface area contributed by atoms with E-state index in [2.05, 4.69) is 9.80 Å². The summed E-state index contributed by atoms with van der Waals surface area (Å²) < 4.78 is 22.6. The first kappa shape index (κ1) is 7.20. The zero-order valence-corrected chi connectivity index (χ0v) is 8.83. The standard InChI is InChI=1S/C11H20N2O/c1-12-6-9-7-13-5-3-2-4-10(13)11(8-12)14-9/h9-11H,2-8H2,1H3/t9?,10-,11+/m0/s1/i9D,11D. The number of likely N-dealkylation sites (N-methyl/N-ethyl adjacent to an activating group) is 1. The van der Waals surface area contributed by atoms with Crippen molar-refractivity contribution in [1.29, 1.82) is 0 Å². The summed E-state index contributed by atoms with van der Waals surface area (Å²) in [7, 11) is 1.99. The van der Waals surface area contributed by atoms with Crippen LogP contribution in [-0.2, 0) is 4.74 Å². The summed E-state index contributed by atoms with van der Waals surface area (Å²) in [6, 6.07) is 0.197. The number of hydrogen-bond donors (Lipinski definition) is 0. The molecule has 14 heavy (non-hydrogen) atoms. The molecule has 0 aromatic heterocycles. The highest BCUT2D eigenvalue weighted by Gasteiger charge is 2.41. The third-order valence-corrected chi connectivity index (χ3v) is 3.51. The predicted octanol–water partition coefficient (Wildman–Crippen LogP) is 0.554. The molecule has 1 unspecified atom stereocenters. The maximum atomic E-state index is 8.51. The minimum atomic E-state index is -0.886. The number of hydrogen-bond acceptors (Lipinski definition) is 3. The van der Waals surface area contributed by atoms with Crippen molar-refractivity contribution < 1.29 is 7.48 Å². The van der Waals surface area contributed by atoms with Gasteiger partial charge in [-0.05, 0) is 26.4 Å². The molecule has 0 amide bonds. The molecular weight excluding hydrogens is 176 g/mol. The minimum absolute atomic E-state index is 0.197. The van der Waals surface area contributed by atoms with Gasteiger partial charge < -0.3 is 9.64 Å². The molecule has 80 valence electrons. The van der Waals surface area contributed by atoms with Crippen LogP contribution in [0, 0.1) is 0 Å². The number of nitrogens with zero attached hydrogens (tertiary/aromatic N) is 2. The minimum Gasteiger partial charge on any atom is -0.369 e. The second-order valence-corrected chi connectivity index (χ2v) is 4.76. The van der Waals surface area contributed by atoms with Crippen LogP contribution in [0.2, 0.25) is 0 Å². The van der Waals surface area contributed by atoms with Crippen molar-refractivity contribution in [1.82, 2.24) is 9.80 Å². The number of rotatable bonds is 0. The molecule has 0 aromatic carbocycles. The van der Waals surface area contributed by atoms with Crippen molar-refractivity contribution in [2.75, 3.05) is 33.2 Å². The summed E-state index contributed by atoms with van der Waals surface area (Å²) in [5.74, 6) is 0. The van der Waals surface area contributed by atoms with Gasteiger partial charge >= 0.3 is 0 Å². The number of morpholine rings is 2. The van der Waals surface area contributed by atoms with Crippen molar-refractivity contribution in [2.24, 2.45) is 0 Å². The average molecular weight is 198 g/mol. The molecule has 3 fully saturated rings. The molecule has 0 N–H and O–H groups in total. The Bertz CT molecular complexity index is 304. The molecule has 0 aliphatic carbocycles. The maximum absolute atomic E-state index is 8.51. The summed E-state index contributed by atoms with van der Waals surface area (Å²) in [5, 5.41) is 0. The SMILES string of the molecule is [2H]C12CN(C)C[C@@]([2H])(O1)[C@@H]1CCCCN1C2. The monoisotopic (exact) mass is 198 g/mol. The topological polar surface area (TPSA) is 15.7 Å². The highest BCUT2D eigenvalue weighted by atomic mass is 16.5. The first-order valence-electron chi connectivity index (χ1n) is 6.64. The van der Waals surface area contributed by atoms with E-state index >= 15 is 0 Å². The second kappa shape index (κ2) is 3.47. The maximum Gasteiger partial charge on any atom is 0.0861 e. The lowest BCUT2D eigenvalue weighted by Gasteiger charge is -2.51. The fourth-order valence-electron chi connectivity index (χ4n) is 2.90. The fourth-order valence-corrected chi connectivity index (χ4v) is 2.90. The molecule has 0 spiro atoms. The van der Waals surface area contributed by atoms with Crippen LogP contribution in [0.4, 0.5) is 0 Å². The van der Waals surface area contributed by atoms with Crippen LogP contribution in [0.5, 0.6) is 0 Å². The van der Waals surface area contributed by atoms with E-state index in [0.29, 0.717) is 19.6 Å². The Hall–Kier alpha value is -0.120. The number of ether oxygens (including phenoxy) is 1. The third kappa shape index (κ3) is 1.47. The molecule has 3 saturated heterocycles. The van der Waals surface area contributed by atoms with Crippen molar-refractivity contribution in [3.8, 4) is 0 Å². The van der Waals surface area contributed by atoms with Crippen LogP contribution in [0.3, 0.4) is 0 Å². The lowest BCUT2D eigenvalue weighted by Crippen LogP contribution is -2.64. The highest BCUT2D eigenvalue weighted by molar-refractivity contribution is 4.94. The summed E-state index contributed by atoms with van der Waals surface area (Å²) in [6.45, 7) is 2.97. The van der Waals surface area contributed by atoms with Crippen molar-refractivity contribution >= 4 is 0 Å². The van der Waals surface area contributed by atoms with E-state index in [1.165, 1.54) is 12.8 Å². The molecule has 0 aromatic rings. The smallest absolute Gasteiger partial charge is 0.0861 e. The highest BCUT2D eigenvalue weighted by Crippen LogP contribution is 2.29. The number of fused-ring (bicyclic) bond motifs is 4. The Labute approximate surface area is 88.8 Å². The van der Waals surface area contributed by atoms with Crippen LogP contribution < -0.4 is 0 Å². The molecule has 3 heteroatoms. The van der Waals surface area contributed by atoms with Gasteiger partial charge in [-0.1, -0.05) is 6.42 Å². The van der Waals surface area contributed by atoms with Gasteiger partial charge in [0.25, 0.3) is 0 Å². The van der Waals surface area contributed by atoms with Crippen LogP contribution >= 0.6 is 0 Å². The van der Waals surface area contributed by atoms with E-state index < -0.39 is 12.2 Å². The summed E-state index contributed by atoms with van der Waals surface area (Å²) in [4.78, 5) is 4.40. The molecule has 3 atom stereocenters. The summed E-state index contributed by atoms with van der Waals surface area (Å²) >= 11 is 0. The van der Waals surface area contributed by atoms with Gasteiger partial charge in [0.15, 0.2) is 0 Å². The molecule has 3 nitrogen and oxygen atoms in total. The number of piperidine rings is 1. The molecule has 3 aliphatic rings. The Morgan fingerprint density at radius 2 is 2.21 bits per heavy atom. The van der Waals surface area contributed by atoms with Crippen molar-refractivity contribution in [2.45, 2.75) is 37.5 Å². The molecule has 0 radical (unpaired) electrons. The Balaban J connectivity index is 1.91. The molecule has 3 aliphatic heterocycles. The molecule has 3 heterocycles. The fraction of sp³-hybridized carbons (Fsp3) is 1.00. The van der Waals surface area contributed by atoms with Gasteiger partial charge in [0.1, 0.15) is 0 Å². The average Bonchev–Trinajstić information content (AvgIpc) is 2.14. The van der Waals surface area contributed by atoms with Gasteiger partial charge in [0, 0.05) is 25.7 Å². The third-order valence-electron chi connectivity index (χ3n) is 3.51. The van der Waals surface area contributed by atoms with Crippen LogP contribution in [-0.4, -0.2) is 61.2 Å². The van der Waals surface area contributed by atoms with Crippen molar-refractivity contribution in [3.63, 3.8) is 0 Å². The largest absolute Gasteiger partial charge is 0.369 e. The normalized spacial score (nSPS) is 57.4. The zero-order chi connectivity index (χ0) is 11.4. The summed E-state index contributed by atoms with van der Waals surface area (Å²) in [5.41, 5.74) is 0. The van der Waals surface area contributed by atoms with Gasteiger partial charge in [0.05, 0.1) is 14.9 Å². The zero-order valence-electron chi connectivity index (χ0n) is 10.8. The van der Waals surface area contributed by atoms with Crippen LogP contribution in [0.1, 0.15) is 22.0 Å². The predicted molar refractivity (Wildman–Crippen MR) is 55.4 cm³/mol. The second-order valence-electron chi connectivity index (χ2n) is 4.76. The Kier molecular flexibility index (Phi) is 1.79. The summed E-state index contributed by atoms with van der Waals surface area (Å²) in [6.07, 6.45) is 1.68. The van der Waals surface area contributed by atoms with Gasteiger partial charge in [0.2, 0.25) is 0 Å². The van der Waals surface area contributed by atoms with Crippen LogP contribution in [0.15, 0.2) is 0 Å². The van der Waals surface area contributed by atoms with E-state index in [9.17, 15) is 0 Å². The van der Waals surface area contributed by atoms with E-state index in [4.69, 9.17) is 7.48 Å². The van der Waals surface area contributed by atoms with E-state index in [0.717, 1.165) is 13.0 Å².